The molecule has 0 aliphatic carbocycles. The number of benzene rings is 2. The van der Waals surface area contributed by atoms with Gasteiger partial charge in [0.15, 0.2) is 0 Å². The number of amides is 6. The first-order valence-electron chi connectivity index (χ1n) is 24.4. The molecule has 6 rings (SSSR count). The van der Waals surface area contributed by atoms with Gasteiger partial charge in [0.2, 0.25) is 35.4 Å². The molecule has 0 unspecified atom stereocenters. The highest BCUT2D eigenvalue weighted by atomic mass is 32.1. The molecule has 2 aromatic heterocycles. The SMILES string of the molecule is Cc1ncsc1-c1ccc(CNC(=O)[C@@H]2C[C@@H](O)CN2C(=O)[C@@H](NC(=O)COCCOCCOCC(=O)N[C@H](C(=O)N2C[C@H](O)C[C@H]2C(=O)NCc2ccc(-c3scnc3C)cc2)C(C)(C)C)C(C)(C)C)cc1. The van der Waals surface area contributed by atoms with Crippen molar-refractivity contribution in [2.24, 2.45) is 10.8 Å². The van der Waals surface area contributed by atoms with Crippen LogP contribution in [-0.4, -0.2) is 155 Å². The molecule has 2 aromatic carbocycles. The predicted octanol–water partition coefficient (Wildman–Crippen LogP) is 3.52. The number of ether oxygens (including phenoxy) is 3. The number of nitrogens with one attached hydrogen (secondary N) is 4. The van der Waals surface area contributed by atoms with Crippen LogP contribution in [0, 0.1) is 24.7 Å². The number of aryl methyl sites for hydroxylation is 2. The molecule has 0 saturated carbocycles. The number of thiazole rings is 2. The molecule has 2 fully saturated rings. The summed E-state index contributed by atoms with van der Waals surface area (Å²) < 4.78 is 16.6. The second-order valence-corrected chi connectivity index (χ2v) is 22.3. The lowest BCUT2D eigenvalue weighted by Gasteiger charge is -2.35. The Morgan fingerprint density at radius 2 is 0.959 bits per heavy atom. The molecule has 2 aliphatic rings. The van der Waals surface area contributed by atoms with Gasteiger partial charge in [-0.2, -0.15) is 0 Å². The zero-order valence-corrected chi connectivity index (χ0v) is 44.5. The van der Waals surface area contributed by atoms with Crippen molar-refractivity contribution in [3.63, 3.8) is 0 Å². The summed E-state index contributed by atoms with van der Waals surface area (Å²) in [5.41, 5.74) is 7.79. The van der Waals surface area contributed by atoms with E-state index in [4.69, 9.17) is 14.2 Å². The second kappa shape index (κ2) is 25.5. The third kappa shape index (κ3) is 15.7. The Morgan fingerprint density at radius 1 is 0.603 bits per heavy atom. The van der Waals surface area contributed by atoms with Crippen molar-refractivity contribution < 1.29 is 53.2 Å². The molecule has 0 bridgehead atoms. The van der Waals surface area contributed by atoms with Gasteiger partial charge in [0.1, 0.15) is 37.4 Å². The Bertz CT molecular complexity index is 2350. The van der Waals surface area contributed by atoms with Crippen LogP contribution >= 0.6 is 22.7 Å². The molecule has 19 nitrogen and oxygen atoms in total. The van der Waals surface area contributed by atoms with E-state index in [1.165, 1.54) is 9.80 Å². The number of carbonyl (C=O) groups is 6. The molecule has 73 heavy (non-hydrogen) atoms. The maximum atomic E-state index is 14.0. The first kappa shape index (κ1) is 56.6. The van der Waals surface area contributed by atoms with E-state index in [9.17, 15) is 39.0 Å². The van der Waals surface area contributed by atoms with Crippen LogP contribution in [0.3, 0.4) is 0 Å². The van der Waals surface area contributed by atoms with Crippen LogP contribution in [0.25, 0.3) is 20.9 Å². The highest BCUT2D eigenvalue weighted by molar-refractivity contribution is 7.13. The lowest BCUT2D eigenvalue weighted by atomic mass is 9.85. The van der Waals surface area contributed by atoms with Gasteiger partial charge in [0, 0.05) is 39.0 Å². The Morgan fingerprint density at radius 3 is 1.29 bits per heavy atom. The van der Waals surface area contributed by atoms with Gasteiger partial charge in [-0.15, -0.1) is 22.7 Å². The van der Waals surface area contributed by atoms with Crippen molar-refractivity contribution in [3.8, 4) is 20.9 Å². The fourth-order valence-corrected chi connectivity index (χ4v) is 10.3. The average molecular weight is 1050 g/mol. The third-order valence-corrected chi connectivity index (χ3v) is 14.6. The summed E-state index contributed by atoms with van der Waals surface area (Å²) in [5, 5.41) is 32.5. The molecular weight excluding hydrogens is 977 g/mol. The maximum Gasteiger partial charge on any atom is 0.246 e. The average Bonchev–Trinajstić information content (AvgIpc) is 4.16. The molecule has 6 amide bonds. The Balaban J connectivity index is 0.876. The number of aromatic nitrogens is 2. The number of β-amino-alcohol motifs (C(OH)–C–C–N with tert-alkyl or cyclic N) is 2. The van der Waals surface area contributed by atoms with Gasteiger partial charge in [-0.25, -0.2) is 9.97 Å². The van der Waals surface area contributed by atoms with E-state index in [0.717, 1.165) is 43.4 Å². The van der Waals surface area contributed by atoms with Crippen LogP contribution in [0.1, 0.15) is 76.9 Å². The van der Waals surface area contributed by atoms with Gasteiger partial charge in [0.25, 0.3) is 0 Å². The van der Waals surface area contributed by atoms with Gasteiger partial charge >= 0.3 is 0 Å². The number of rotatable bonds is 22. The molecular formula is C52H70N8O11S2. The Labute approximate surface area is 434 Å². The minimum atomic E-state index is -1.02. The summed E-state index contributed by atoms with van der Waals surface area (Å²) in [6, 6.07) is 11.7. The van der Waals surface area contributed by atoms with E-state index in [2.05, 4.69) is 31.2 Å². The molecule has 396 valence electrons. The maximum absolute atomic E-state index is 14.0. The quantitative estimate of drug-likeness (QED) is 0.0618. The van der Waals surface area contributed by atoms with Crippen LogP contribution in [0.4, 0.5) is 0 Å². The fourth-order valence-electron chi connectivity index (χ4n) is 8.63. The second-order valence-electron chi connectivity index (χ2n) is 20.6. The van der Waals surface area contributed by atoms with E-state index in [0.29, 0.717) is 0 Å². The van der Waals surface area contributed by atoms with Gasteiger partial charge in [0.05, 0.1) is 70.8 Å². The molecule has 0 radical (unpaired) electrons. The van der Waals surface area contributed by atoms with Crippen LogP contribution in [-0.2, 0) is 56.1 Å². The highest BCUT2D eigenvalue weighted by Gasteiger charge is 2.46. The van der Waals surface area contributed by atoms with Crippen molar-refractivity contribution in [1.29, 1.82) is 0 Å². The smallest absolute Gasteiger partial charge is 0.246 e. The number of aliphatic hydroxyl groups excluding tert-OH is 2. The number of nitrogens with zero attached hydrogens (tertiary/aromatic N) is 4. The summed E-state index contributed by atoms with van der Waals surface area (Å²) in [6.07, 6.45) is -1.69. The van der Waals surface area contributed by atoms with Crippen LogP contribution in [0.5, 0.6) is 0 Å². The molecule has 2 aliphatic heterocycles. The predicted molar refractivity (Wildman–Crippen MR) is 276 cm³/mol. The lowest BCUT2D eigenvalue weighted by Crippen LogP contribution is -2.58. The summed E-state index contributed by atoms with van der Waals surface area (Å²) >= 11 is 3.11. The van der Waals surface area contributed by atoms with Crippen LogP contribution < -0.4 is 21.3 Å². The fraction of sp³-hybridized carbons (Fsp3) is 0.538. The number of likely N-dealkylation sites (tertiary alicyclic amines) is 2. The minimum Gasteiger partial charge on any atom is -0.391 e. The topological polar surface area (TPSA) is 251 Å². The minimum absolute atomic E-state index is 0.0384. The van der Waals surface area contributed by atoms with Crippen molar-refractivity contribution in [2.75, 3.05) is 52.7 Å². The lowest BCUT2D eigenvalue weighted by molar-refractivity contribution is -0.144. The van der Waals surface area contributed by atoms with E-state index >= 15 is 0 Å². The first-order valence-corrected chi connectivity index (χ1v) is 26.2. The molecule has 4 heterocycles. The Kier molecular flexibility index (Phi) is 19.8. The standard InChI is InChI=1S/C52H70N8O11S2/c1-31-43(72-29-55-31)35-13-9-33(10-14-35)23-53-47(65)39-21-37(61)25-59(39)49(67)45(51(3,4)5)57-41(63)27-70-19-17-69-18-20-71-28-42(64)58-46(52(6,7)8)50(68)60-26-38(62)22-40(60)48(66)54-24-34-11-15-36(16-12-34)44-32(2)56-30-73-44/h9-16,29-30,37-40,45-46,61-62H,17-28H2,1-8H3,(H,53,65)(H,54,66)(H,57,63)(H,58,64)/t37-,38-,39+,40+,45-,46-/m1/s1. The number of hydrogen-bond acceptors (Lipinski definition) is 15. The van der Waals surface area contributed by atoms with Crippen molar-refractivity contribution >= 4 is 58.1 Å². The van der Waals surface area contributed by atoms with E-state index in [-0.39, 0.29) is 78.7 Å². The van der Waals surface area contributed by atoms with Crippen molar-refractivity contribution in [2.45, 2.75) is 118 Å². The summed E-state index contributed by atoms with van der Waals surface area (Å²) in [6.45, 7) is 14.6. The number of aliphatic hydroxyl groups is 2. The Hall–Kier alpha value is -5.68. The van der Waals surface area contributed by atoms with Crippen molar-refractivity contribution in [3.05, 3.63) is 82.1 Å². The molecule has 6 atom stereocenters. The molecule has 6 N–H and O–H groups in total. The van der Waals surface area contributed by atoms with Gasteiger partial charge in [-0.1, -0.05) is 90.1 Å². The van der Waals surface area contributed by atoms with Gasteiger partial charge in [-0.05, 0) is 46.9 Å². The molecule has 21 heteroatoms. The highest BCUT2D eigenvalue weighted by Crippen LogP contribution is 2.31. The monoisotopic (exact) mass is 1050 g/mol. The number of carbonyl (C=O) groups excluding carboxylic acids is 6. The van der Waals surface area contributed by atoms with Gasteiger partial charge in [-0.3, -0.25) is 28.8 Å². The summed E-state index contributed by atoms with van der Waals surface area (Å²) in [4.78, 5) is 94.4. The van der Waals surface area contributed by atoms with E-state index in [1.54, 1.807) is 75.2 Å². The number of hydrogen-bond donors (Lipinski definition) is 6. The zero-order chi connectivity index (χ0) is 53.0. The van der Waals surface area contributed by atoms with E-state index < -0.39 is 82.6 Å². The zero-order valence-electron chi connectivity index (χ0n) is 42.9. The molecule has 4 aromatic rings. The van der Waals surface area contributed by atoms with Crippen LogP contribution in [0.2, 0.25) is 0 Å². The molecule has 0 spiro atoms. The normalized spacial score (nSPS) is 18.8. The summed E-state index contributed by atoms with van der Waals surface area (Å²) in [7, 11) is 0. The summed E-state index contributed by atoms with van der Waals surface area (Å²) in [5.74, 6) is -2.88. The molecule has 2 saturated heterocycles. The van der Waals surface area contributed by atoms with Crippen LogP contribution in [0.15, 0.2) is 59.6 Å². The van der Waals surface area contributed by atoms with Crippen molar-refractivity contribution in [1.82, 2.24) is 41.0 Å². The third-order valence-electron chi connectivity index (χ3n) is 12.6. The van der Waals surface area contributed by atoms with E-state index in [1.807, 2.05) is 62.4 Å². The van der Waals surface area contributed by atoms with Gasteiger partial charge < -0.3 is 55.5 Å². The first-order chi connectivity index (χ1) is 34.6. The largest absolute Gasteiger partial charge is 0.391 e.